The molecule has 27 heavy (non-hydrogen) atoms. The molecular weight excluding hydrogens is 408 g/mol. The predicted molar refractivity (Wildman–Crippen MR) is 107 cm³/mol. The lowest BCUT2D eigenvalue weighted by Gasteiger charge is -2.26. The molecule has 1 fully saturated rings. The molecule has 0 atom stereocenters. The quantitative estimate of drug-likeness (QED) is 0.718. The maximum atomic E-state index is 12.6. The molecule has 0 aliphatic carbocycles. The number of benzene rings is 2. The van der Waals surface area contributed by atoms with Gasteiger partial charge in [-0.15, -0.1) is 11.8 Å². The van der Waals surface area contributed by atoms with Crippen LogP contribution in [-0.4, -0.2) is 50.7 Å². The van der Waals surface area contributed by atoms with E-state index < -0.39 is 10.0 Å². The van der Waals surface area contributed by atoms with Crippen molar-refractivity contribution >= 4 is 45.0 Å². The second-order valence-corrected chi connectivity index (χ2v) is 9.17. The van der Waals surface area contributed by atoms with Crippen LogP contribution in [0.25, 0.3) is 0 Å². The predicted octanol–water partition coefficient (Wildman–Crippen LogP) is 3.09. The van der Waals surface area contributed by atoms with Crippen molar-refractivity contribution in [2.75, 3.05) is 37.4 Å². The molecule has 0 unspecified atom stereocenters. The minimum absolute atomic E-state index is 0.191. The Labute approximate surface area is 167 Å². The van der Waals surface area contributed by atoms with E-state index in [-0.39, 0.29) is 16.6 Å². The van der Waals surface area contributed by atoms with Crippen molar-refractivity contribution in [3.8, 4) is 0 Å². The van der Waals surface area contributed by atoms with E-state index in [1.54, 1.807) is 18.2 Å². The maximum Gasteiger partial charge on any atom is 0.243 e. The fourth-order valence-electron chi connectivity index (χ4n) is 2.55. The SMILES string of the molecule is O=C(CSc1ccccc1Cl)Nc1ccc(S(=O)(=O)N2CCOCC2)cc1. The van der Waals surface area contributed by atoms with Gasteiger partial charge in [-0.05, 0) is 36.4 Å². The van der Waals surface area contributed by atoms with Gasteiger partial charge in [0.25, 0.3) is 0 Å². The molecule has 9 heteroatoms. The van der Waals surface area contributed by atoms with Crippen LogP contribution < -0.4 is 5.32 Å². The highest BCUT2D eigenvalue weighted by Crippen LogP contribution is 2.26. The third-order valence-corrected chi connectivity index (χ3v) is 7.37. The molecule has 1 aliphatic heterocycles. The van der Waals surface area contributed by atoms with Crippen molar-refractivity contribution in [3.63, 3.8) is 0 Å². The highest BCUT2D eigenvalue weighted by molar-refractivity contribution is 8.00. The van der Waals surface area contributed by atoms with Gasteiger partial charge in [-0.3, -0.25) is 4.79 Å². The first-order valence-electron chi connectivity index (χ1n) is 8.32. The largest absolute Gasteiger partial charge is 0.379 e. The van der Waals surface area contributed by atoms with E-state index >= 15 is 0 Å². The number of carbonyl (C=O) groups is 1. The molecule has 1 aliphatic rings. The zero-order valence-corrected chi connectivity index (χ0v) is 16.8. The molecule has 1 saturated heterocycles. The third kappa shape index (κ3) is 5.24. The van der Waals surface area contributed by atoms with Gasteiger partial charge in [-0.25, -0.2) is 8.42 Å². The molecule has 2 aromatic carbocycles. The average molecular weight is 427 g/mol. The highest BCUT2D eigenvalue weighted by Gasteiger charge is 2.26. The van der Waals surface area contributed by atoms with Crippen LogP contribution >= 0.6 is 23.4 Å². The van der Waals surface area contributed by atoms with E-state index in [0.29, 0.717) is 37.0 Å². The van der Waals surface area contributed by atoms with Crippen molar-refractivity contribution < 1.29 is 17.9 Å². The number of rotatable bonds is 6. The molecule has 0 radical (unpaired) electrons. The summed E-state index contributed by atoms with van der Waals surface area (Å²) in [7, 11) is -3.54. The lowest BCUT2D eigenvalue weighted by molar-refractivity contribution is -0.113. The number of halogens is 1. The number of carbonyl (C=O) groups excluding carboxylic acids is 1. The summed E-state index contributed by atoms with van der Waals surface area (Å²) in [6.07, 6.45) is 0. The number of nitrogens with zero attached hydrogens (tertiary/aromatic N) is 1. The first kappa shape index (κ1) is 20.2. The lowest BCUT2D eigenvalue weighted by Crippen LogP contribution is -2.40. The first-order chi connectivity index (χ1) is 13.0. The van der Waals surface area contributed by atoms with Crippen LogP contribution in [0.4, 0.5) is 5.69 Å². The van der Waals surface area contributed by atoms with Gasteiger partial charge < -0.3 is 10.1 Å². The number of anilines is 1. The van der Waals surface area contributed by atoms with Crippen LogP contribution in [-0.2, 0) is 19.6 Å². The molecule has 1 heterocycles. The van der Waals surface area contributed by atoms with Gasteiger partial charge in [0, 0.05) is 23.7 Å². The molecule has 144 valence electrons. The van der Waals surface area contributed by atoms with E-state index in [9.17, 15) is 13.2 Å². The number of hydrogen-bond acceptors (Lipinski definition) is 5. The summed E-state index contributed by atoms with van der Waals surface area (Å²) >= 11 is 7.41. The Morgan fingerprint density at radius 1 is 1.11 bits per heavy atom. The molecule has 2 aromatic rings. The third-order valence-electron chi connectivity index (χ3n) is 3.94. The Hall–Kier alpha value is -1.58. The van der Waals surface area contributed by atoms with Gasteiger partial charge in [0.15, 0.2) is 0 Å². The van der Waals surface area contributed by atoms with Gasteiger partial charge >= 0.3 is 0 Å². The summed E-state index contributed by atoms with van der Waals surface area (Å²) in [4.78, 5) is 13.1. The summed E-state index contributed by atoms with van der Waals surface area (Å²) in [6.45, 7) is 1.49. The van der Waals surface area contributed by atoms with Gasteiger partial charge in [-0.2, -0.15) is 4.31 Å². The monoisotopic (exact) mass is 426 g/mol. The van der Waals surface area contributed by atoms with Crippen LogP contribution in [0.15, 0.2) is 58.3 Å². The number of ether oxygens (including phenoxy) is 1. The molecule has 1 N–H and O–H groups in total. The molecule has 0 bridgehead atoms. The average Bonchev–Trinajstić information content (AvgIpc) is 2.68. The van der Waals surface area contributed by atoms with Crippen LogP contribution in [0, 0.1) is 0 Å². The number of nitrogens with one attached hydrogen (secondary N) is 1. The number of morpholine rings is 1. The molecule has 6 nitrogen and oxygen atoms in total. The Balaban J connectivity index is 1.58. The first-order valence-corrected chi connectivity index (χ1v) is 11.1. The molecule has 3 rings (SSSR count). The van der Waals surface area contributed by atoms with Crippen LogP contribution in [0.5, 0.6) is 0 Å². The topological polar surface area (TPSA) is 75.7 Å². The van der Waals surface area contributed by atoms with Crippen LogP contribution in [0.2, 0.25) is 5.02 Å². The van der Waals surface area contributed by atoms with Crippen LogP contribution in [0.3, 0.4) is 0 Å². The van der Waals surface area contributed by atoms with Gasteiger partial charge in [0.05, 0.1) is 28.9 Å². The second-order valence-electron chi connectivity index (χ2n) is 5.81. The Bertz CT molecular complexity index is 898. The Kier molecular flexibility index (Phi) is 6.78. The van der Waals surface area contributed by atoms with Crippen molar-refractivity contribution in [2.24, 2.45) is 0 Å². The summed E-state index contributed by atoms with van der Waals surface area (Å²) in [5.74, 6) is 0.0149. The lowest BCUT2D eigenvalue weighted by atomic mass is 10.3. The standard InChI is InChI=1S/C18H19ClN2O4S2/c19-16-3-1-2-4-17(16)26-13-18(22)20-14-5-7-15(8-6-14)27(23,24)21-9-11-25-12-10-21/h1-8H,9-13H2,(H,20,22). The highest BCUT2D eigenvalue weighted by atomic mass is 35.5. The van der Waals surface area contributed by atoms with E-state index in [1.807, 2.05) is 18.2 Å². The minimum Gasteiger partial charge on any atom is -0.379 e. The Morgan fingerprint density at radius 2 is 1.78 bits per heavy atom. The van der Waals surface area contributed by atoms with Crippen molar-refractivity contribution in [1.82, 2.24) is 4.31 Å². The van der Waals surface area contributed by atoms with Crippen molar-refractivity contribution in [1.29, 1.82) is 0 Å². The zero-order chi connectivity index (χ0) is 19.3. The van der Waals surface area contributed by atoms with E-state index in [0.717, 1.165) is 4.90 Å². The fourth-order valence-corrected chi connectivity index (χ4v) is 5.00. The van der Waals surface area contributed by atoms with Gasteiger partial charge in [-0.1, -0.05) is 23.7 Å². The maximum absolute atomic E-state index is 12.6. The minimum atomic E-state index is -3.54. The zero-order valence-electron chi connectivity index (χ0n) is 14.4. The summed E-state index contributed by atoms with van der Waals surface area (Å²) in [5.41, 5.74) is 0.542. The number of amides is 1. The number of thioether (sulfide) groups is 1. The smallest absolute Gasteiger partial charge is 0.243 e. The fraction of sp³-hybridized carbons (Fsp3) is 0.278. The van der Waals surface area contributed by atoms with Crippen molar-refractivity contribution in [3.05, 3.63) is 53.6 Å². The van der Waals surface area contributed by atoms with E-state index in [2.05, 4.69) is 5.32 Å². The van der Waals surface area contributed by atoms with Crippen LogP contribution in [0.1, 0.15) is 0 Å². The van der Waals surface area contributed by atoms with Gasteiger partial charge in [0.2, 0.25) is 15.9 Å². The summed E-state index contributed by atoms with van der Waals surface area (Å²) < 4.78 is 31.8. The van der Waals surface area contributed by atoms with E-state index in [1.165, 1.54) is 28.2 Å². The summed E-state index contributed by atoms with van der Waals surface area (Å²) in [5, 5.41) is 3.36. The van der Waals surface area contributed by atoms with Crippen molar-refractivity contribution in [2.45, 2.75) is 9.79 Å². The molecule has 0 aromatic heterocycles. The molecule has 0 spiro atoms. The van der Waals surface area contributed by atoms with E-state index in [4.69, 9.17) is 16.3 Å². The molecular formula is C18H19ClN2O4S2. The summed E-state index contributed by atoms with van der Waals surface area (Å²) in [6, 6.07) is 13.5. The second kappa shape index (κ2) is 9.07. The molecule has 0 saturated carbocycles. The number of sulfonamides is 1. The number of hydrogen-bond donors (Lipinski definition) is 1. The normalized spacial score (nSPS) is 15.4. The molecule has 1 amide bonds. The Morgan fingerprint density at radius 3 is 2.44 bits per heavy atom. The van der Waals surface area contributed by atoms with Gasteiger partial charge in [0.1, 0.15) is 0 Å².